The van der Waals surface area contributed by atoms with Crippen molar-refractivity contribution in [2.45, 2.75) is 59.6 Å². The first-order valence-corrected chi connectivity index (χ1v) is 11.0. The SMILES string of the molecule is C[N+](C)(CCC(O)NS(=O)(=O)C(F)(F)C(F)(F)C(F)(F)C(F)(F)C(F)(F)C(F)(F)C(F)(F)C(F)(F)F)CC(=O)O. The smallest absolute Gasteiger partial charge is 0.460 e. The largest absolute Gasteiger partial charge is 0.477 e. The zero-order chi connectivity index (χ0) is 33.0. The van der Waals surface area contributed by atoms with Crippen LogP contribution in [0.5, 0.6) is 0 Å². The minimum atomic E-state index is -8.96. The molecular weight excluding hydrogens is 643 g/mol. The van der Waals surface area contributed by atoms with E-state index in [0.717, 1.165) is 14.1 Å². The second-order valence-corrected chi connectivity index (χ2v) is 10.4. The van der Waals surface area contributed by atoms with Crippen LogP contribution in [0.25, 0.3) is 0 Å². The fraction of sp³-hybridized carbons (Fsp3) is 0.933. The second-order valence-electron chi connectivity index (χ2n) is 8.60. The Morgan fingerprint density at radius 2 is 1.02 bits per heavy atom. The van der Waals surface area contributed by atoms with Gasteiger partial charge in [0, 0.05) is 6.42 Å². The predicted molar refractivity (Wildman–Crippen MR) is 92.8 cm³/mol. The quantitative estimate of drug-likeness (QED) is 0.150. The molecule has 0 heterocycles. The molecule has 0 saturated heterocycles. The molecule has 0 rings (SSSR count). The van der Waals surface area contributed by atoms with Crippen molar-refractivity contribution in [3.63, 3.8) is 0 Å². The Bertz CT molecular complexity index is 1040. The second kappa shape index (κ2) is 10.4. The number of aliphatic carboxylic acids is 1. The van der Waals surface area contributed by atoms with Crippen LogP contribution in [0.15, 0.2) is 0 Å². The van der Waals surface area contributed by atoms with Crippen molar-refractivity contribution in [1.82, 2.24) is 4.72 Å². The van der Waals surface area contributed by atoms with E-state index in [1.807, 2.05) is 0 Å². The highest BCUT2D eigenvalue weighted by atomic mass is 32.2. The minimum Gasteiger partial charge on any atom is -0.477 e. The Morgan fingerprint density at radius 1 is 0.700 bits per heavy atom. The highest BCUT2D eigenvalue weighted by Crippen LogP contribution is 2.64. The van der Waals surface area contributed by atoms with Gasteiger partial charge in [0.2, 0.25) is 0 Å². The summed E-state index contributed by atoms with van der Waals surface area (Å²) in [4.78, 5) is 10.6. The lowest BCUT2D eigenvalue weighted by Crippen LogP contribution is -2.75. The molecule has 0 aromatic heterocycles. The Kier molecular flexibility index (Phi) is 9.94. The lowest BCUT2D eigenvalue weighted by molar-refractivity contribution is -0.883. The summed E-state index contributed by atoms with van der Waals surface area (Å²) in [7, 11) is -5.58. The lowest BCUT2D eigenvalue weighted by atomic mass is 9.91. The number of rotatable bonds is 14. The maximum absolute atomic E-state index is 14.0. The number of nitrogens with zero attached hydrogens (tertiary/aromatic N) is 1. The van der Waals surface area contributed by atoms with Gasteiger partial charge in [-0.15, -0.1) is 0 Å². The fourth-order valence-electron chi connectivity index (χ4n) is 2.55. The summed E-state index contributed by atoms with van der Waals surface area (Å²) < 4.78 is 248. The number of aliphatic hydroxyl groups is 1. The molecule has 1 atom stereocenters. The maximum atomic E-state index is 14.0. The van der Waals surface area contributed by atoms with E-state index in [1.165, 1.54) is 0 Å². The molecule has 0 aliphatic carbocycles. The molecule has 0 bridgehead atoms. The normalized spacial score (nSPS) is 16.7. The van der Waals surface area contributed by atoms with E-state index in [1.54, 1.807) is 0 Å². The number of alkyl halides is 17. The van der Waals surface area contributed by atoms with Gasteiger partial charge in [-0.3, -0.25) is 0 Å². The molecule has 240 valence electrons. The van der Waals surface area contributed by atoms with Gasteiger partial charge in [0.15, 0.2) is 6.54 Å². The Labute approximate surface area is 211 Å². The van der Waals surface area contributed by atoms with E-state index < -0.39 is 93.2 Å². The van der Waals surface area contributed by atoms with Gasteiger partial charge >= 0.3 is 52.9 Å². The van der Waals surface area contributed by atoms with Gasteiger partial charge in [-0.05, 0) is 0 Å². The zero-order valence-corrected chi connectivity index (χ0v) is 19.9. The molecule has 0 aliphatic rings. The fourth-order valence-corrected chi connectivity index (χ4v) is 3.64. The number of nitrogens with one attached hydrogen (secondary N) is 1. The summed E-state index contributed by atoms with van der Waals surface area (Å²) in [6, 6.07) is 0. The molecule has 0 aliphatic heterocycles. The number of sulfonamides is 1. The highest BCUT2D eigenvalue weighted by molar-refractivity contribution is 7.90. The molecule has 0 aromatic carbocycles. The van der Waals surface area contributed by atoms with Gasteiger partial charge in [-0.25, -0.2) is 13.2 Å². The Morgan fingerprint density at radius 3 is 1.35 bits per heavy atom. The van der Waals surface area contributed by atoms with Crippen molar-refractivity contribution in [2.75, 3.05) is 27.2 Å². The number of quaternary nitrogens is 1. The van der Waals surface area contributed by atoms with E-state index in [2.05, 4.69) is 0 Å². The van der Waals surface area contributed by atoms with Crippen molar-refractivity contribution in [1.29, 1.82) is 0 Å². The molecule has 40 heavy (non-hydrogen) atoms. The number of hydrogen-bond acceptors (Lipinski definition) is 4. The average Bonchev–Trinajstić information content (AvgIpc) is 2.69. The van der Waals surface area contributed by atoms with Gasteiger partial charge < -0.3 is 14.7 Å². The first-order valence-electron chi connectivity index (χ1n) is 9.47. The number of halogens is 17. The molecule has 1 unspecified atom stereocenters. The number of aliphatic hydroxyl groups excluding tert-OH is 1. The summed E-state index contributed by atoms with van der Waals surface area (Å²) in [5.41, 5.74) is 0. The standard InChI is InChI=1S/C15H15F17N2O5S/c1-34(2,5-7(36)37)4-3-6(35)33-40(38,39)15(31,32)13(26,27)11(22,23)9(18,19)8(16,17)10(20,21)12(24,25)14(28,29)30/h6,33,35H,3-5H2,1-2H3/p+1. The molecular formula is C15H16F17N2O5S+. The van der Waals surface area contributed by atoms with Crippen LogP contribution in [0.2, 0.25) is 0 Å². The molecule has 25 heteroatoms. The number of carboxylic acid groups (broad SMARTS) is 1. The van der Waals surface area contributed by atoms with Crippen LogP contribution < -0.4 is 4.72 Å². The van der Waals surface area contributed by atoms with Crippen molar-refractivity contribution in [2.24, 2.45) is 0 Å². The van der Waals surface area contributed by atoms with Crippen LogP contribution in [0.4, 0.5) is 74.6 Å². The molecule has 0 aromatic rings. The van der Waals surface area contributed by atoms with Crippen molar-refractivity contribution < 1.29 is 103 Å². The first kappa shape index (κ1) is 38.1. The van der Waals surface area contributed by atoms with E-state index >= 15 is 0 Å². The number of carboxylic acids is 1. The number of hydrogen-bond donors (Lipinski definition) is 3. The topological polar surface area (TPSA) is 104 Å². The number of carbonyl (C=O) groups is 1. The van der Waals surface area contributed by atoms with Crippen LogP contribution in [0, 0.1) is 0 Å². The van der Waals surface area contributed by atoms with Crippen LogP contribution in [-0.2, 0) is 14.8 Å². The third-order valence-electron chi connectivity index (χ3n) is 4.89. The molecule has 0 radical (unpaired) electrons. The molecule has 7 nitrogen and oxygen atoms in total. The molecule has 0 spiro atoms. The average molecular weight is 659 g/mol. The van der Waals surface area contributed by atoms with Crippen LogP contribution in [0.3, 0.4) is 0 Å². The van der Waals surface area contributed by atoms with E-state index in [4.69, 9.17) is 5.11 Å². The summed E-state index contributed by atoms with van der Waals surface area (Å²) in [6.45, 7) is -1.55. The van der Waals surface area contributed by atoms with E-state index in [0.29, 0.717) is 0 Å². The Balaban J connectivity index is 6.53. The maximum Gasteiger partial charge on any atom is 0.460 e. The third kappa shape index (κ3) is 6.00. The van der Waals surface area contributed by atoms with Crippen LogP contribution >= 0.6 is 0 Å². The van der Waals surface area contributed by atoms with E-state index in [-0.39, 0.29) is 4.72 Å². The van der Waals surface area contributed by atoms with Crippen molar-refractivity contribution in [3.8, 4) is 0 Å². The predicted octanol–water partition coefficient (Wildman–Crippen LogP) is 3.74. The minimum absolute atomic E-state index is 0.123. The van der Waals surface area contributed by atoms with E-state index in [9.17, 15) is 93.0 Å². The summed E-state index contributed by atoms with van der Waals surface area (Å²) in [5, 5.41) is 10.2. The number of likely N-dealkylation sites (N-methyl/N-ethyl adjacent to an activating group) is 1. The summed E-state index contributed by atoms with van der Waals surface area (Å²) in [5.74, 6) is -53.9. The lowest BCUT2D eigenvalue weighted by Gasteiger charge is -2.42. The zero-order valence-electron chi connectivity index (χ0n) is 19.1. The molecule has 0 fully saturated rings. The Hall–Kier alpha value is -1.89. The highest BCUT2D eigenvalue weighted by Gasteiger charge is 2.96. The van der Waals surface area contributed by atoms with Gasteiger partial charge in [0.1, 0.15) is 6.23 Å². The van der Waals surface area contributed by atoms with Gasteiger partial charge in [0.25, 0.3) is 10.0 Å². The first-order chi connectivity index (χ1) is 17.0. The van der Waals surface area contributed by atoms with Crippen LogP contribution in [-0.4, -0.2) is 109 Å². The van der Waals surface area contributed by atoms with Crippen LogP contribution in [0.1, 0.15) is 6.42 Å². The summed E-state index contributed by atoms with van der Waals surface area (Å²) >= 11 is 0. The van der Waals surface area contributed by atoms with Gasteiger partial charge in [-0.2, -0.15) is 79.4 Å². The van der Waals surface area contributed by atoms with Crippen molar-refractivity contribution >= 4 is 16.0 Å². The third-order valence-corrected chi connectivity index (χ3v) is 6.41. The summed E-state index contributed by atoms with van der Waals surface area (Å²) in [6.07, 6.45) is -12.2. The van der Waals surface area contributed by atoms with Gasteiger partial charge in [-0.1, -0.05) is 0 Å². The molecule has 0 saturated carbocycles. The van der Waals surface area contributed by atoms with Gasteiger partial charge in [0.05, 0.1) is 20.6 Å². The molecule has 0 amide bonds. The van der Waals surface area contributed by atoms with Crippen molar-refractivity contribution in [3.05, 3.63) is 0 Å². The monoisotopic (exact) mass is 659 g/mol. The molecule has 3 N–H and O–H groups in total.